The standard InChI is InChI=1S/C18H24N4O3S.ClH/c1-12(2)11-14(19-16(24)13-7-5-4-6-8-13)15(23)17(25)20-21-18-22(3)9-10-26-18;/h4-8,12,14H,9-11H2,1-3H3,(H,19,24)(H,20,25);1H/t14-;/m0./s1. The second kappa shape index (κ2) is 10.9. The maximum Gasteiger partial charge on any atom is 0.309 e. The quantitative estimate of drug-likeness (QED) is 0.527. The summed E-state index contributed by atoms with van der Waals surface area (Å²) in [5.74, 6) is -0.872. The zero-order valence-corrected chi connectivity index (χ0v) is 17.2. The van der Waals surface area contributed by atoms with Crippen LogP contribution in [0.5, 0.6) is 0 Å². The van der Waals surface area contributed by atoms with Crippen molar-refractivity contribution in [2.45, 2.75) is 26.3 Å². The third-order valence-electron chi connectivity index (χ3n) is 3.83. The van der Waals surface area contributed by atoms with E-state index in [0.717, 1.165) is 12.3 Å². The van der Waals surface area contributed by atoms with Crippen LogP contribution in [0.1, 0.15) is 30.6 Å². The summed E-state index contributed by atoms with van der Waals surface area (Å²) in [6.07, 6.45) is 0.371. The largest absolute Gasteiger partial charge is 0.352 e. The van der Waals surface area contributed by atoms with E-state index >= 15 is 0 Å². The monoisotopic (exact) mass is 412 g/mol. The molecule has 0 saturated carbocycles. The minimum Gasteiger partial charge on any atom is -0.352 e. The molecule has 1 fully saturated rings. The number of benzene rings is 1. The van der Waals surface area contributed by atoms with Crippen molar-refractivity contribution in [3.63, 3.8) is 0 Å². The lowest BCUT2D eigenvalue weighted by molar-refractivity contribution is -0.139. The molecule has 1 saturated heterocycles. The van der Waals surface area contributed by atoms with Gasteiger partial charge in [-0.05, 0) is 24.5 Å². The summed E-state index contributed by atoms with van der Waals surface area (Å²) in [5, 5.41) is 7.33. The molecule has 27 heavy (non-hydrogen) atoms. The van der Waals surface area contributed by atoms with Gasteiger partial charge in [0.1, 0.15) is 0 Å². The molecule has 7 nitrogen and oxygen atoms in total. The number of hydrogen-bond donors (Lipinski definition) is 2. The van der Waals surface area contributed by atoms with E-state index in [1.54, 1.807) is 30.3 Å². The topological polar surface area (TPSA) is 90.9 Å². The minimum atomic E-state index is -0.892. The summed E-state index contributed by atoms with van der Waals surface area (Å²) < 4.78 is 0. The average Bonchev–Trinajstić information content (AvgIpc) is 3.03. The number of amides is 2. The Morgan fingerprint density at radius 1 is 1.22 bits per heavy atom. The van der Waals surface area contributed by atoms with Crippen molar-refractivity contribution in [1.29, 1.82) is 0 Å². The Hall–Kier alpha value is -2.06. The number of hydrazone groups is 1. The van der Waals surface area contributed by atoms with Crippen molar-refractivity contribution < 1.29 is 14.4 Å². The Morgan fingerprint density at radius 3 is 2.44 bits per heavy atom. The number of hydrogen-bond acceptors (Lipinski definition) is 5. The highest BCUT2D eigenvalue weighted by Crippen LogP contribution is 2.15. The maximum absolute atomic E-state index is 12.5. The number of carbonyl (C=O) groups excluding carboxylic acids is 3. The lowest BCUT2D eigenvalue weighted by Gasteiger charge is -2.19. The van der Waals surface area contributed by atoms with Crippen LogP contribution in [-0.2, 0) is 9.59 Å². The Balaban J connectivity index is 0.00000364. The van der Waals surface area contributed by atoms with E-state index < -0.39 is 17.7 Å². The molecule has 148 valence electrons. The second-order valence-electron chi connectivity index (χ2n) is 6.49. The fourth-order valence-corrected chi connectivity index (χ4v) is 3.41. The molecule has 2 amide bonds. The van der Waals surface area contributed by atoms with E-state index in [1.807, 2.05) is 25.8 Å². The lowest BCUT2D eigenvalue weighted by atomic mass is 9.99. The van der Waals surface area contributed by atoms with Gasteiger partial charge in [-0.25, -0.2) is 5.43 Å². The van der Waals surface area contributed by atoms with Crippen LogP contribution in [0, 0.1) is 5.92 Å². The number of thioether (sulfide) groups is 1. The van der Waals surface area contributed by atoms with Gasteiger partial charge in [0.25, 0.3) is 5.91 Å². The van der Waals surface area contributed by atoms with Crippen LogP contribution in [0.15, 0.2) is 35.4 Å². The first-order chi connectivity index (χ1) is 12.4. The van der Waals surface area contributed by atoms with Gasteiger partial charge in [-0.2, -0.15) is 0 Å². The van der Waals surface area contributed by atoms with Gasteiger partial charge in [0.15, 0.2) is 5.17 Å². The summed E-state index contributed by atoms with van der Waals surface area (Å²) >= 11 is 1.51. The zero-order chi connectivity index (χ0) is 19.1. The molecule has 0 aromatic heterocycles. The first-order valence-corrected chi connectivity index (χ1v) is 9.48. The van der Waals surface area contributed by atoms with E-state index in [-0.39, 0.29) is 24.2 Å². The van der Waals surface area contributed by atoms with Crippen molar-refractivity contribution in [2.75, 3.05) is 19.3 Å². The Morgan fingerprint density at radius 2 is 1.89 bits per heavy atom. The van der Waals surface area contributed by atoms with Crippen molar-refractivity contribution in [2.24, 2.45) is 11.0 Å². The van der Waals surface area contributed by atoms with Crippen molar-refractivity contribution in [3.05, 3.63) is 35.9 Å². The van der Waals surface area contributed by atoms with Gasteiger partial charge >= 0.3 is 5.91 Å². The van der Waals surface area contributed by atoms with Gasteiger partial charge in [-0.1, -0.05) is 43.8 Å². The molecular weight excluding hydrogens is 388 g/mol. The predicted octanol–water partition coefficient (Wildman–Crippen LogP) is 1.89. The minimum absolute atomic E-state index is 0. The predicted molar refractivity (Wildman–Crippen MR) is 110 cm³/mol. The first-order valence-electron chi connectivity index (χ1n) is 8.50. The second-order valence-corrected chi connectivity index (χ2v) is 7.55. The molecule has 1 aromatic carbocycles. The molecule has 1 aromatic rings. The van der Waals surface area contributed by atoms with Gasteiger partial charge < -0.3 is 10.2 Å². The molecule has 1 aliphatic rings. The van der Waals surface area contributed by atoms with Crippen molar-refractivity contribution >= 4 is 46.9 Å². The number of halogens is 1. The van der Waals surface area contributed by atoms with Crippen LogP contribution in [0.25, 0.3) is 0 Å². The molecule has 1 aliphatic heterocycles. The highest BCUT2D eigenvalue weighted by atomic mass is 35.5. The molecule has 0 radical (unpaired) electrons. The van der Waals surface area contributed by atoms with Crippen LogP contribution in [0.4, 0.5) is 0 Å². The van der Waals surface area contributed by atoms with Crippen molar-refractivity contribution in [1.82, 2.24) is 15.6 Å². The SMILES string of the molecule is CC(C)C[C@H](NC(=O)c1ccccc1)C(=O)C(=O)NN=C1SCCN1C.Cl. The number of ketones is 1. The molecule has 2 N–H and O–H groups in total. The fraction of sp³-hybridized carbons (Fsp3) is 0.444. The Bertz CT molecular complexity index is 697. The van der Waals surface area contributed by atoms with E-state index in [4.69, 9.17) is 0 Å². The van der Waals surface area contributed by atoms with Crippen LogP contribution in [0.3, 0.4) is 0 Å². The lowest BCUT2D eigenvalue weighted by Crippen LogP contribution is -2.47. The average molecular weight is 413 g/mol. The van der Waals surface area contributed by atoms with E-state index in [9.17, 15) is 14.4 Å². The Kier molecular flexibility index (Phi) is 9.31. The molecular formula is C18H25ClN4O3S. The Labute approximate surface area is 169 Å². The third kappa shape index (κ3) is 6.88. The summed E-state index contributed by atoms with van der Waals surface area (Å²) in [6.45, 7) is 4.70. The van der Waals surface area contributed by atoms with Crippen LogP contribution in [-0.4, -0.2) is 53.1 Å². The van der Waals surface area contributed by atoms with Gasteiger partial charge in [-0.15, -0.1) is 17.5 Å². The summed E-state index contributed by atoms with van der Waals surface area (Å²) in [5.41, 5.74) is 2.75. The van der Waals surface area contributed by atoms with Gasteiger partial charge in [-0.3, -0.25) is 14.4 Å². The van der Waals surface area contributed by atoms with Crippen molar-refractivity contribution in [3.8, 4) is 0 Å². The molecule has 1 atom stereocenters. The molecule has 2 rings (SSSR count). The molecule has 0 spiro atoms. The van der Waals surface area contributed by atoms with Gasteiger partial charge in [0, 0.05) is 24.9 Å². The number of amidine groups is 1. The number of nitrogens with zero attached hydrogens (tertiary/aromatic N) is 2. The maximum atomic E-state index is 12.5. The van der Waals surface area contributed by atoms with E-state index in [1.165, 1.54) is 11.8 Å². The highest BCUT2D eigenvalue weighted by Gasteiger charge is 2.28. The molecule has 1 heterocycles. The molecule has 9 heteroatoms. The summed E-state index contributed by atoms with van der Waals surface area (Å²) in [4.78, 5) is 39.0. The number of carbonyl (C=O) groups is 3. The van der Waals surface area contributed by atoms with E-state index in [0.29, 0.717) is 17.2 Å². The summed E-state index contributed by atoms with van der Waals surface area (Å²) in [7, 11) is 1.87. The number of Topliss-reactive ketones (excluding diaryl/α,β-unsaturated/α-hetero) is 1. The zero-order valence-electron chi connectivity index (χ0n) is 15.6. The number of rotatable bonds is 7. The van der Waals surface area contributed by atoms with E-state index in [2.05, 4.69) is 15.8 Å². The molecule has 0 aliphatic carbocycles. The van der Waals surface area contributed by atoms with Crippen LogP contribution < -0.4 is 10.7 Å². The van der Waals surface area contributed by atoms with Gasteiger partial charge in [0.2, 0.25) is 5.78 Å². The smallest absolute Gasteiger partial charge is 0.309 e. The summed E-state index contributed by atoms with van der Waals surface area (Å²) in [6, 6.07) is 7.71. The highest BCUT2D eigenvalue weighted by molar-refractivity contribution is 8.14. The normalized spacial score (nSPS) is 16.0. The molecule has 0 bridgehead atoms. The fourth-order valence-electron chi connectivity index (χ4n) is 2.44. The van der Waals surface area contributed by atoms with Crippen LogP contribution >= 0.6 is 24.2 Å². The first kappa shape index (κ1) is 23.0. The number of nitrogens with one attached hydrogen (secondary N) is 2. The molecule has 0 unspecified atom stereocenters. The third-order valence-corrected chi connectivity index (χ3v) is 4.87. The van der Waals surface area contributed by atoms with Crippen LogP contribution in [0.2, 0.25) is 0 Å². The van der Waals surface area contributed by atoms with Gasteiger partial charge in [0.05, 0.1) is 6.04 Å².